The van der Waals surface area contributed by atoms with Gasteiger partial charge in [0.2, 0.25) is 11.9 Å². The molecule has 42 heavy (non-hydrogen) atoms. The first-order valence-electron chi connectivity index (χ1n) is 15.5. The van der Waals surface area contributed by atoms with Crippen molar-refractivity contribution in [3.05, 3.63) is 36.0 Å². The van der Waals surface area contributed by atoms with Gasteiger partial charge in [-0.15, -0.1) is 0 Å². The van der Waals surface area contributed by atoms with E-state index in [1.807, 2.05) is 4.57 Å². The van der Waals surface area contributed by atoms with E-state index in [9.17, 15) is 13.9 Å². The minimum absolute atomic E-state index is 0.00379. The van der Waals surface area contributed by atoms with Crippen LogP contribution in [0.2, 0.25) is 0 Å². The van der Waals surface area contributed by atoms with E-state index in [0.29, 0.717) is 35.9 Å². The zero-order valence-corrected chi connectivity index (χ0v) is 24.1. The molecule has 3 fully saturated rings. The van der Waals surface area contributed by atoms with E-state index in [-0.39, 0.29) is 30.0 Å². The van der Waals surface area contributed by atoms with Gasteiger partial charge in [-0.05, 0) is 89.4 Å². The van der Waals surface area contributed by atoms with Crippen LogP contribution in [0.15, 0.2) is 24.4 Å². The molecule has 6 rings (SSSR count). The highest BCUT2D eigenvalue weighted by Gasteiger charge is 2.29. The largest absolute Gasteiger partial charge is 0.393 e. The standard InChI is InChI=1S/C30H42F2N8O2/c31-20-4-13-26(25(32)18-20)35-30-36-27-19-34-29(37-28(27)39(30)21-5-9-23(41)10-6-21)40(33)22-7-11-24(12-8-22)42-17-16-38-14-2-1-3-15-38/h4,13,18-19,21-24,41H,1-3,5-12,14-17,33H2,(H,35,36)/t21-,22-,23+,24-. The molecule has 3 heterocycles. The fourth-order valence-corrected chi connectivity index (χ4v) is 6.65. The molecule has 0 atom stereocenters. The number of hydrogen-bond donors (Lipinski definition) is 3. The Morgan fingerprint density at radius 1 is 1.00 bits per heavy atom. The fraction of sp³-hybridized carbons (Fsp3) is 0.633. The molecule has 2 aliphatic carbocycles. The lowest BCUT2D eigenvalue weighted by Crippen LogP contribution is -2.45. The number of halogens is 2. The van der Waals surface area contributed by atoms with Crippen LogP contribution in [0.1, 0.15) is 76.7 Å². The highest BCUT2D eigenvalue weighted by Crippen LogP contribution is 2.36. The molecule has 2 saturated carbocycles. The van der Waals surface area contributed by atoms with Gasteiger partial charge < -0.3 is 20.1 Å². The van der Waals surface area contributed by atoms with Gasteiger partial charge in [0.1, 0.15) is 17.2 Å². The Labute approximate surface area is 245 Å². The highest BCUT2D eigenvalue weighted by atomic mass is 19.1. The van der Waals surface area contributed by atoms with E-state index in [1.165, 1.54) is 44.5 Å². The van der Waals surface area contributed by atoms with E-state index in [1.54, 1.807) is 11.2 Å². The number of ether oxygens (including phenoxy) is 1. The maximum absolute atomic E-state index is 14.5. The maximum Gasteiger partial charge on any atom is 0.242 e. The number of rotatable bonds is 9. The zero-order chi connectivity index (χ0) is 29.1. The van der Waals surface area contributed by atoms with E-state index in [4.69, 9.17) is 15.6 Å². The Morgan fingerprint density at radius 3 is 2.50 bits per heavy atom. The van der Waals surface area contributed by atoms with Gasteiger partial charge in [-0.1, -0.05) is 6.42 Å². The number of fused-ring (bicyclic) bond motifs is 1. The highest BCUT2D eigenvalue weighted by molar-refractivity contribution is 5.76. The summed E-state index contributed by atoms with van der Waals surface area (Å²) in [6.45, 7) is 4.16. The molecule has 1 aliphatic heterocycles. The molecule has 1 aromatic carbocycles. The molecular weight excluding hydrogens is 542 g/mol. The number of hydrazine groups is 1. The number of piperidine rings is 1. The third-order valence-electron chi connectivity index (χ3n) is 9.11. The molecule has 10 nitrogen and oxygen atoms in total. The summed E-state index contributed by atoms with van der Waals surface area (Å²) in [5, 5.41) is 14.8. The second-order valence-electron chi connectivity index (χ2n) is 12.0. The summed E-state index contributed by atoms with van der Waals surface area (Å²) in [6.07, 6.45) is 11.9. The second kappa shape index (κ2) is 13.2. The van der Waals surface area contributed by atoms with Gasteiger partial charge in [0.05, 0.1) is 30.7 Å². The van der Waals surface area contributed by atoms with Gasteiger partial charge in [0, 0.05) is 24.7 Å². The van der Waals surface area contributed by atoms with Crippen molar-refractivity contribution in [1.82, 2.24) is 24.4 Å². The lowest BCUT2D eigenvalue weighted by molar-refractivity contribution is 0.0108. The Bertz CT molecular complexity index is 1330. The Balaban J connectivity index is 1.16. The third-order valence-corrected chi connectivity index (χ3v) is 9.11. The topological polar surface area (TPSA) is 118 Å². The Kier molecular flexibility index (Phi) is 9.13. The third kappa shape index (κ3) is 6.66. The normalized spacial score (nSPS) is 25.5. The van der Waals surface area contributed by atoms with Crippen LogP contribution in [0.25, 0.3) is 11.2 Å². The summed E-state index contributed by atoms with van der Waals surface area (Å²) in [7, 11) is 0. The summed E-state index contributed by atoms with van der Waals surface area (Å²) in [5.74, 6) is 6.06. The number of benzene rings is 1. The number of imidazole rings is 1. The van der Waals surface area contributed by atoms with Crippen LogP contribution < -0.4 is 16.2 Å². The predicted octanol–water partition coefficient (Wildman–Crippen LogP) is 4.82. The molecule has 3 aromatic rings. The maximum atomic E-state index is 14.5. The second-order valence-corrected chi connectivity index (χ2v) is 12.0. The minimum atomic E-state index is -0.710. The Hall–Kier alpha value is -2.93. The van der Waals surface area contributed by atoms with Crippen LogP contribution in [0, 0.1) is 11.6 Å². The van der Waals surface area contributed by atoms with Crippen molar-refractivity contribution < 1.29 is 18.6 Å². The van der Waals surface area contributed by atoms with Crippen LogP contribution >= 0.6 is 0 Å². The molecular formula is C30H42F2N8O2. The van der Waals surface area contributed by atoms with Crippen molar-refractivity contribution >= 4 is 28.7 Å². The summed E-state index contributed by atoms with van der Waals surface area (Å²) in [4.78, 5) is 16.6. The first-order chi connectivity index (χ1) is 20.4. The quantitative estimate of drug-likeness (QED) is 0.240. The molecule has 0 radical (unpaired) electrons. The summed E-state index contributed by atoms with van der Waals surface area (Å²) in [5.41, 5.74) is 1.26. The van der Waals surface area contributed by atoms with Crippen molar-refractivity contribution in [2.45, 2.75) is 94.9 Å². The lowest BCUT2D eigenvalue weighted by Gasteiger charge is -2.34. The van der Waals surface area contributed by atoms with Crippen LogP contribution in [0.4, 0.5) is 26.4 Å². The molecule has 2 aromatic heterocycles. The number of aromatic nitrogens is 4. The van der Waals surface area contributed by atoms with Crippen LogP contribution in [0.3, 0.4) is 0 Å². The van der Waals surface area contributed by atoms with Gasteiger partial charge in [0.25, 0.3) is 0 Å². The number of nitrogens with one attached hydrogen (secondary N) is 1. The number of nitrogens with two attached hydrogens (primary N) is 1. The number of hydrogen-bond acceptors (Lipinski definition) is 9. The molecule has 0 bridgehead atoms. The van der Waals surface area contributed by atoms with E-state index < -0.39 is 11.6 Å². The van der Waals surface area contributed by atoms with Crippen molar-refractivity contribution in [3.63, 3.8) is 0 Å². The van der Waals surface area contributed by atoms with Crippen molar-refractivity contribution in [2.24, 2.45) is 5.84 Å². The average molecular weight is 585 g/mol. The van der Waals surface area contributed by atoms with Gasteiger partial charge in [0.15, 0.2) is 5.65 Å². The molecule has 0 unspecified atom stereocenters. The zero-order valence-electron chi connectivity index (χ0n) is 24.1. The number of aliphatic hydroxyl groups excluding tert-OH is 1. The number of anilines is 3. The number of likely N-dealkylation sites (tertiary alicyclic amines) is 1. The van der Waals surface area contributed by atoms with Crippen molar-refractivity contribution in [1.29, 1.82) is 0 Å². The molecule has 228 valence electrons. The molecule has 4 N–H and O–H groups in total. The van der Waals surface area contributed by atoms with Crippen molar-refractivity contribution in [2.75, 3.05) is 36.6 Å². The van der Waals surface area contributed by atoms with Gasteiger partial charge in [-0.25, -0.2) is 24.6 Å². The van der Waals surface area contributed by atoms with Crippen LogP contribution in [-0.4, -0.2) is 74.0 Å². The molecule has 0 amide bonds. The van der Waals surface area contributed by atoms with Crippen LogP contribution in [-0.2, 0) is 4.74 Å². The smallest absolute Gasteiger partial charge is 0.242 e. The molecule has 1 saturated heterocycles. The average Bonchev–Trinajstić information content (AvgIpc) is 3.36. The number of nitrogens with zero attached hydrogens (tertiary/aromatic N) is 6. The van der Waals surface area contributed by atoms with Gasteiger partial charge in [-0.2, -0.15) is 4.98 Å². The predicted molar refractivity (Wildman–Crippen MR) is 157 cm³/mol. The van der Waals surface area contributed by atoms with Gasteiger partial charge >= 0.3 is 0 Å². The molecule has 3 aliphatic rings. The number of aliphatic hydroxyl groups is 1. The summed E-state index contributed by atoms with van der Waals surface area (Å²) < 4.78 is 36.2. The first-order valence-corrected chi connectivity index (χ1v) is 15.5. The fourth-order valence-electron chi connectivity index (χ4n) is 6.65. The Morgan fingerprint density at radius 2 is 1.76 bits per heavy atom. The van der Waals surface area contributed by atoms with E-state index in [0.717, 1.165) is 57.7 Å². The lowest BCUT2D eigenvalue weighted by atomic mass is 9.92. The van der Waals surface area contributed by atoms with Crippen LogP contribution in [0.5, 0.6) is 0 Å². The summed E-state index contributed by atoms with van der Waals surface area (Å²) >= 11 is 0. The SMILES string of the molecule is NN(c1ncc2nc(Nc3ccc(F)cc3F)n([C@H]3CC[C@@H](O)CC3)c2n1)[C@H]1CC[C@H](OCCN2CCCCC2)CC1. The first kappa shape index (κ1) is 29.2. The van der Waals surface area contributed by atoms with E-state index >= 15 is 0 Å². The van der Waals surface area contributed by atoms with Crippen molar-refractivity contribution in [3.8, 4) is 0 Å². The van der Waals surface area contributed by atoms with Gasteiger partial charge in [-0.3, -0.25) is 9.58 Å². The monoisotopic (exact) mass is 584 g/mol. The molecule has 12 heteroatoms. The van der Waals surface area contributed by atoms with E-state index in [2.05, 4.69) is 20.2 Å². The minimum Gasteiger partial charge on any atom is -0.393 e. The molecule has 0 spiro atoms. The summed E-state index contributed by atoms with van der Waals surface area (Å²) in [6, 6.07) is 3.48.